The smallest absolute Gasteiger partial charge is 0.0971 e. The summed E-state index contributed by atoms with van der Waals surface area (Å²) in [5.41, 5.74) is 14.4. The molecule has 10 aromatic carbocycles. The Labute approximate surface area is 404 Å². The Morgan fingerprint density at radius 2 is 0.829 bits per heavy atom. The number of fused-ring (bicyclic) bond motifs is 12. The molecule has 1 aliphatic carbocycles. The van der Waals surface area contributed by atoms with E-state index < -0.39 is 0 Å². The van der Waals surface area contributed by atoms with Crippen LogP contribution in [0.4, 0.5) is 34.1 Å². The maximum Gasteiger partial charge on any atom is 0.0971 e. The van der Waals surface area contributed by atoms with Gasteiger partial charge < -0.3 is 18.9 Å². The predicted molar refractivity (Wildman–Crippen MR) is 292 cm³/mol. The quantitative estimate of drug-likeness (QED) is 0.143. The molecule has 1 atom stereocenters. The van der Waals surface area contributed by atoms with Crippen molar-refractivity contribution in [1.29, 1.82) is 0 Å². The number of nitrogens with zero attached hydrogens (tertiary/aromatic N) is 6. The largest absolute Gasteiger partial charge is 0.333 e. The third kappa shape index (κ3) is 6.34. The van der Waals surface area contributed by atoms with Crippen molar-refractivity contribution >= 4 is 112 Å². The second-order valence-electron chi connectivity index (χ2n) is 18.1. The van der Waals surface area contributed by atoms with Gasteiger partial charge in [0.2, 0.25) is 0 Å². The summed E-state index contributed by atoms with van der Waals surface area (Å²) in [6, 6.07) is 81.0. The number of hydrogen-bond acceptors (Lipinski definition) is 4. The lowest BCUT2D eigenvalue weighted by Gasteiger charge is -2.26. The average Bonchev–Trinajstić information content (AvgIpc) is 3.95. The zero-order valence-corrected chi connectivity index (χ0v) is 38.1. The van der Waals surface area contributed by atoms with Crippen molar-refractivity contribution in [2.24, 2.45) is 0 Å². The van der Waals surface area contributed by atoms with Crippen LogP contribution in [0.25, 0.3) is 83.3 Å². The van der Waals surface area contributed by atoms with Crippen molar-refractivity contribution in [1.82, 2.24) is 19.1 Å². The fourth-order valence-corrected chi connectivity index (χ4v) is 11.2. The molecule has 0 amide bonds. The number of anilines is 6. The van der Waals surface area contributed by atoms with E-state index in [-0.39, 0.29) is 6.04 Å². The Bertz CT molecular complexity index is 4200. The summed E-state index contributed by atoms with van der Waals surface area (Å²) in [5, 5.41) is 9.45. The van der Waals surface area contributed by atoms with Gasteiger partial charge in [0, 0.05) is 95.4 Å². The van der Waals surface area contributed by atoms with Crippen molar-refractivity contribution < 1.29 is 0 Å². The monoisotopic (exact) mass is 896 g/mol. The summed E-state index contributed by atoms with van der Waals surface area (Å²) in [6.45, 7) is 0. The molecule has 70 heavy (non-hydrogen) atoms. The van der Waals surface area contributed by atoms with E-state index in [4.69, 9.17) is 9.97 Å². The molecule has 330 valence electrons. The zero-order chi connectivity index (χ0) is 46.1. The lowest BCUT2D eigenvalue weighted by atomic mass is 9.96. The van der Waals surface area contributed by atoms with Gasteiger partial charge in [-0.3, -0.25) is 9.97 Å². The summed E-state index contributed by atoms with van der Waals surface area (Å²) in [7, 11) is 0. The number of hydrogen-bond donors (Lipinski definition) is 0. The second kappa shape index (κ2) is 16.2. The first kappa shape index (κ1) is 39.9. The van der Waals surface area contributed by atoms with E-state index in [1.165, 1.54) is 37.8 Å². The topological polar surface area (TPSA) is 42.1 Å². The van der Waals surface area contributed by atoms with Crippen LogP contribution in [-0.2, 0) is 0 Å². The maximum atomic E-state index is 4.99. The third-order valence-electron chi connectivity index (χ3n) is 14.2. The lowest BCUT2D eigenvalue weighted by molar-refractivity contribution is 0.695. The van der Waals surface area contributed by atoms with E-state index in [1.54, 1.807) is 0 Å². The van der Waals surface area contributed by atoms with Crippen molar-refractivity contribution in [2.45, 2.75) is 12.5 Å². The summed E-state index contributed by atoms with van der Waals surface area (Å²) >= 11 is 0. The standard InChI is InChI=1S/C64H44N6/c1-5-17-43(18-6-1)67(44-19-7-2-8-20-44)47-31-35-61-57(41-47)51-25-13-15-27-59(51)69(61)49-29-33-53-55(39-49)56-40-50(30-34-54(56)64-63(53)65-37-38-66-64)70-60-28-16-14-26-52(60)58-42-48(32-36-62(58)70)68(45-21-9-3-10-22-45)46-23-11-4-12-24-46/h1-29,31-42,50H,30H2. The van der Waals surface area contributed by atoms with Gasteiger partial charge in [-0.25, -0.2) is 0 Å². The molecule has 0 spiro atoms. The van der Waals surface area contributed by atoms with Gasteiger partial charge in [0.05, 0.1) is 28.1 Å². The number of aromatic nitrogens is 4. The predicted octanol–water partition coefficient (Wildman–Crippen LogP) is 15.1. The van der Waals surface area contributed by atoms with E-state index in [0.29, 0.717) is 0 Å². The Hall–Kier alpha value is -9.26. The molecular weight excluding hydrogens is 853 g/mol. The fourth-order valence-electron chi connectivity index (χ4n) is 11.2. The number of rotatable bonds is 8. The summed E-state index contributed by atoms with van der Waals surface area (Å²) in [5.74, 6) is 0. The fraction of sp³-hybridized carbons (Fsp3) is 0.0312. The Kier molecular flexibility index (Phi) is 9.24. The molecule has 3 heterocycles. The van der Waals surface area contributed by atoms with E-state index in [0.717, 1.165) is 84.3 Å². The van der Waals surface area contributed by atoms with E-state index in [9.17, 15) is 0 Å². The highest BCUT2D eigenvalue weighted by atomic mass is 15.1. The Morgan fingerprint density at radius 1 is 0.357 bits per heavy atom. The minimum atomic E-state index is 0.0462. The summed E-state index contributed by atoms with van der Waals surface area (Å²) in [4.78, 5) is 14.7. The molecule has 6 nitrogen and oxygen atoms in total. The van der Waals surface area contributed by atoms with Gasteiger partial charge >= 0.3 is 0 Å². The van der Waals surface area contributed by atoms with Gasteiger partial charge in [-0.05, 0) is 126 Å². The van der Waals surface area contributed by atoms with Crippen LogP contribution in [0.15, 0.2) is 237 Å². The van der Waals surface area contributed by atoms with Gasteiger partial charge in [0.25, 0.3) is 0 Å². The van der Waals surface area contributed by atoms with Crippen LogP contribution in [0.5, 0.6) is 0 Å². The van der Waals surface area contributed by atoms with Crippen molar-refractivity contribution in [2.75, 3.05) is 9.80 Å². The molecule has 1 unspecified atom stereocenters. The third-order valence-corrected chi connectivity index (χ3v) is 14.2. The second-order valence-corrected chi connectivity index (χ2v) is 18.1. The molecule has 3 aromatic heterocycles. The van der Waals surface area contributed by atoms with Crippen LogP contribution < -0.4 is 20.2 Å². The molecule has 1 aliphatic rings. The number of para-hydroxylation sites is 6. The lowest BCUT2D eigenvalue weighted by Crippen LogP contribution is -2.32. The van der Waals surface area contributed by atoms with Crippen molar-refractivity contribution in [3.8, 4) is 5.69 Å². The average molecular weight is 897 g/mol. The molecule has 13 aromatic rings. The van der Waals surface area contributed by atoms with Gasteiger partial charge in [-0.15, -0.1) is 0 Å². The van der Waals surface area contributed by atoms with Gasteiger partial charge in [0.1, 0.15) is 0 Å². The van der Waals surface area contributed by atoms with Crippen LogP contribution >= 0.6 is 0 Å². The van der Waals surface area contributed by atoms with E-state index in [1.807, 2.05) is 12.4 Å². The van der Waals surface area contributed by atoms with Crippen LogP contribution in [0, 0.1) is 0 Å². The highest BCUT2D eigenvalue weighted by Gasteiger charge is 2.23. The van der Waals surface area contributed by atoms with Crippen LogP contribution in [0.3, 0.4) is 0 Å². The van der Waals surface area contributed by atoms with Crippen molar-refractivity contribution in [3.63, 3.8) is 0 Å². The first-order valence-electron chi connectivity index (χ1n) is 24.0. The molecular formula is C64H44N6. The van der Waals surface area contributed by atoms with Crippen molar-refractivity contribution in [3.05, 3.63) is 247 Å². The number of benzene rings is 10. The van der Waals surface area contributed by atoms with Crippen LogP contribution in [0.1, 0.15) is 12.5 Å². The molecule has 0 N–H and O–H groups in total. The molecule has 0 fully saturated rings. The molecule has 0 saturated heterocycles. The van der Waals surface area contributed by atoms with Gasteiger partial charge in [0.15, 0.2) is 0 Å². The summed E-state index contributed by atoms with van der Waals surface area (Å²) < 4.78 is 4.98. The summed E-state index contributed by atoms with van der Waals surface area (Å²) in [6.07, 6.45) is 9.36. The van der Waals surface area contributed by atoms with E-state index in [2.05, 4.69) is 256 Å². The van der Waals surface area contributed by atoms with E-state index >= 15 is 0 Å². The molecule has 0 saturated carbocycles. The molecule has 6 heteroatoms. The molecule has 0 aliphatic heterocycles. The van der Waals surface area contributed by atoms with Gasteiger partial charge in [-0.2, -0.15) is 0 Å². The highest BCUT2D eigenvalue weighted by molar-refractivity contribution is 6.13. The highest BCUT2D eigenvalue weighted by Crippen LogP contribution is 2.42. The molecule has 0 radical (unpaired) electrons. The zero-order valence-electron chi connectivity index (χ0n) is 38.1. The Morgan fingerprint density at radius 3 is 1.43 bits per heavy atom. The van der Waals surface area contributed by atoms with Crippen LogP contribution in [-0.4, -0.2) is 19.1 Å². The normalized spacial score (nSPS) is 13.5. The first-order valence-corrected chi connectivity index (χ1v) is 24.0. The Balaban J connectivity index is 0.955. The molecule has 0 bridgehead atoms. The minimum Gasteiger partial charge on any atom is -0.333 e. The molecule has 14 rings (SSSR count). The van der Waals surface area contributed by atoms with Crippen LogP contribution in [0.2, 0.25) is 0 Å². The SMILES string of the molecule is C1=c2c(c3nccnc3c3ccc(-n4c5ccccc5c5cc(N(c6ccccc6)c6ccccc6)ccc54)cc23)=CCC1n1c2ccccc2c2cc(N(c3ccccc3)c3ccccc3)ccc21. The minimum absolute atomic E-state index is 0.0462. The van der Waals surface area contributed by atoms with Gasteiger partial charge in [-0.1, -0.05) is 127 Å². The first-order chi connectivity index (χ1) is 34.7. The maximum absolute atomic E-state index is 4.99.